The third kappa shape index (κ3) is 4.22. The van der Waals surface area contributed by atoms with E-state index < -0.39 is 0 Å². The standard InChI is InChI=1S/C26H32FN/c1-19-14-24-6-3-4-7-25(26(24)15-20(19)2)23-10-8-21(9-11-23)16-22-17-28(18-22)13-5-12-27/h7-11,14-15,22H,3-6,12-13,16-18H2,1-2H3. The Morgan fingerprint density at radius 1 is 1.04 bits per heavy atom. The van der Waals surface area contributed by atoms with Crippen molar-refractivity contribution >= 4 is 5.57 Å². The summed E-state index contributed by atoms with van der Waals surface area (Å²) in [5, 5.41) is 0. The van der Waals surface area contributed by atoms with Gasteiger partial charge in [0, 0.05) is 19.6 Å². The molecule has 0 radical (unpaired) electrons. The highest BCUT2D eigenvalue weighted by Crippen LogP contribution is 2.33. The smallest absolute Gasteiger partial charge is 0.0906 e. The van der Waals surface area contributed by atoms with Gasteiger partial charge in [-0.25, -0.2) is 0 Å². The van der Waals surface area contributed by atoms with Crippen molar-refractivity contribution in [2.24, 2.45) is 5.92 Å². The summed E-state index contributed by atoms with van der Waals surface area (Å²) in [7, 11) is 0. The average molecular weight is 378 g/mol. The van der Waals surface area contributed by atoms with Crippen molar-refractivity contribution in [1.29, 1.82) is 0 Å². The third-order valence-corrected chi connectivity index (χ3v) is 6.44. The molecule has 148 valence electrons. The SMILES string of the molecule is Cc1cc2c(cc1C)C(c1ccc(CC3CN(CCCF)C3)cc1)=CCCC2. The molecule has 0 atom stereocenters. The molecule has 2 aromatic rings. The Hall–Kier alpha value is -1.93. The molecular weight excluding hydrogens is 345 g/mol. The second-order valence-corrected chi connectivity index (χ2v) is 8.67. The number of fused-ring (bicyclic) bond motifs is 1. The van der Waals surface area contributed by atoms with E-state index in [1.165, 1.54) is 51.8 Å². The Morgan fingerprint density at radius 3 is 2.54 bits per heavy atom. The Balaban J connectivity index is 1.46. The van der Waals surface area contributed by atoms with Crippen molar-refractivity contribution in [1.82, 2.24) is 4.90 Å². The summed E-state index contributed by atoms with van der Waals surface area (Å²) in [6, 6.07) is 14.0. The van der Waals surface area contributed by atoms with Gasteiger partial charge in [-0.1, -0.05) is 42.5 Å². The minimum Gasteiger partial charge on any atom is -0.303 e. The first-order valence-corrected chi connectivity index (χ1v) is 10.8. The molecule has 1 nitrogen and oxygen atoms in total. The summed E-state index contributed by atoms with van der Waals surface area (Å²) in [5.41, 5.74) is 9.88. The monoisotopic (exact) mass is 377 g/mol. The van der Waals surface area contributed by atoms with Gasteiger partial charge in [-0.15, -0.1) is 0 Å². The van der Waals surface area contributed by atoms with Crippen molar-refractivity contribution in [3.8, 4) is 0 Å². The zero-order valence-electron chi connectivity index (χ0n) is 17.3. The second kappa shape index (κ2) is 8.61. The molecule has 28 heavy (non-hydrogen) atoms. The zero-order valence-corrected chi connectivity index (χ0v) is 17.3. The van der Waals surface area contributed by atoms with Crippen LogP contribution in [0.25, 0.3) is 5.57 Å². The topological polar surface area (TPSA) is 3.24 Å². The van der Waals surface area contributed by atoms with Crippen LogP contribution in [-0.4, -0.2) is 31.2 Å². The lowest BCUT2D eigenvalue weighted by molar-refractivity contribution is 0.0968. The first-order chi connectivity index (χ1) is 13.6. The van der Waals surface area contributed by atoms with Gasteiger partial charge in [-0.2, -0.15) is 0 Å². The van der Waals surface area contributed by atoms with Gasteiger partial charge >= 0.3 is 0 Å². The van der Waals surface area contributed by atoms with Crippen LogP contribution in [0.1, 0.15) is 52.6 Å². The number of rotatable bonds is 6. The molecule has 0 N–H and O–H groups in total. The summed E-state index contributed by atoms with van der Waals surface area (Å²) in [6.07, 6.45) is 7.81. The van der Waals surface area contributed by atoms with Crippen LogP contribution in [0.4, 0.5) is 4.39 Å². The fourth-order valence-electron chi connectivity index (χ4n) is 4.68. The predicted octanol–water partition coefficient (Wildman–Crippen LogP) is 5.91. The van der Waals surface area contributed by atoms with Crippen LogP contribution < -0.4 is 0 Å². The quantitative estimate of drug-likeness (QED) is 0.605. The Kier molecular flexibility index (Phi) is 5.96. The van der Waals surface area contributed by atoms with E-state index in [2.05, 4.69) is 61.2 Å². The number of likely N-dealkylation sites (tertiary alicyclic amines) is 1. The normalized spacial score (nSPS) is 17.6. The largest absolute Gasteiger partial charge is 0.303 e. The lowest BCUT2D eigenvalue weighted by Gasteiger charge is -2.39. The van der Waals surface area contributed by atoms with E-state index in [-0.39, 0.29) is 6.67 Å². The van der Waals surface area contributed by atoms with Crippen molar-refractivity contribution < 1.29 is 4.39 Å². The number of hydrogen-bond donors (Lipinski definition) is 0. The number of nitrogens with zero attached hydrogens (tertiary/aromatic N) is 1. The van der Waals surface area contributed by atoms with Crippen molar-refractivity contribution in [2.45, 2.75) is 46.0 Å². The van der Waals surface area contributed by atoms with Crippen LogP contribution in [0.5, 0.6) is 0 Å². The number of benzene rings is 2. The summed E-state index contributed by atoms with van der Waals surface area (Å²) < 4.78 is 12.3. The van der Waals surface area contributed by atoms with Gasteiger partial charge in [-0.05, 0) is 90.8 Å². The summed E-state index contributed by atoms with van der Waals surface area (Å²) in [5.74, 6) is 0.730. The molecule has 2 heteroatoms. The highest BCUT2D eigenvalue weighted by molar-refractivity contribution is 5.82. The van der Waals surface area contributed by atoms with E-state index in [1.54, 1.807) is 0 Å². The number of alkyl halides is 1. The molecule has 1 aliphatic heterocycles. The first kappa shape index (κ1) is 19.4. The van der Waals surface area contributed by atoms with E-state index >= 15 is 0 Å². The summed E-state index contributed by atoms with van der Waals surface area (Å²) in [4.78, 5) is 2.37. The fraction of sp³-hybridized carbons (Fsp3) is 0.462. The minimum atomic E-state index is -0.194. The van der Waals surface area contributed by atoms with Gasteiger partial charge in [0.15, 0.2) is 0 Å². The lowest BCUT2D eigenvalue weighted by atomic mass is 9.88. The van der Waals surface area contributed by atoms with Gasteiger partial charge < -0.3 is 4.90 Å². The summed E-state index contributed by atoms with van der Waals surface area (Å²) >= 11 is 0. The predicted molar refractivity (Wildman–Crippen MR) is 117 cm³/mol. The molecule has 1 heterocycles. The molecule has 2 aromatic carbocycles. The molecule has 1 fully saturated rings. The van der Waals surface area contributed by atoms with Crippen LogP contribution in [-0.2, 0) is 12.8 Å². The molecule has 1 saturated heterocycles. The maximum Gasteiger partial charge on any atom is 0.0906 e. The molecule has 0 saturated carbocycles. The molecule has 1 aliphatic carbocycles. The van der Waals surface area contributed by atoms with Crippen LogP contribution in [0.15, 0.2) is 42.5 Å². The molecule has 0 amide bonds. The first-order valence-electron chi connectivity index (χ1n) is 10.8. The van der Waals surface area contributed by atoms with E-state index in [4.69, 9.17) is 0 Å². The molecule has 0 unspecified atom stereocenters. The highest BCUT2D eigenvalue weighted by Gasteiger charge is 2.26. The molecule has 0 aromatic heterocycles. The van der Waals surface area contributed by atoms with E-state index in [0.29, 0.717) is 6.42 Å². The van der Waals surface area contributed by atoms with Crippen molar-refractivity contribution in [3.05, 3.63) is 75.9 Å². The highest BCUT2D eigenvalue weighted by atomic mass is 19.1. The molecule has 4 rings (SSSR count). The van der Waals surface area contributed by atoms with Crippen LogP contribution in [0, 0.1) is 19.8 Å². The molecular formula is C26H32FN. The Labute approximate surface area is 169 Å². The molecule has 2 aliphatic rings. The van der Waals surface area contributed by atoms with Gasteiger partial charge in [0.1, 0.15) is 0 Å². The maximum atomic E-state index is 12.3. The zero-order chi connectivity index (χ0) is 19.5. The van der Waals surface area contributed by atoms with Crippen LogP contribution in [0.2, 0.25) is 0 Å². The van der Waals surface area contributed by atoms with Gasteiger partial charge in [-0.3, -0.25) is 4.39 Å². The maximum absolute atomic E-state index is 12.3. The van der Waals surface area contributed by atoms with E-state index in [0.717, 1.165) is 38.4 Å². The van der Waals surface area contributed by atoms with Gasteiger partial charge in [0.25, 0.3) is 0 Å². The molecule has 0 bridgehead atoms. The fourth-order valence-corrected chi connectivity index (χ4v) is 4.68. The second-order valence-electron chi connectivity index (χ2n) is 8.67. The van der Waals surface area contributed by atoms with Crippen molar-refractivity contribution in [2.75, 3.05) is 26.3 Å². The van der Waals surface area contributed by atoms with Crippen molar-refractivity contribution in [3.63, 3.8) is 0 Å². The minimum absolute atomic E-state index is 0.194. The Morgan fingerprint density at radius 2 is 1.79 bits per heavy atom. The number of aryl methyl sites for hydroxylation is 3. The summed E-state index contributed by atoms with van der Waals surface area (Å²) in [6.45, 7) is 7.41. The number of hydrogen-bond acceptors (Lipinski definition) is 1. The van der Waals surface area contributed by atoms with Gasteiger partial charge in [0.2, 0.25) is 0 Å². The van der Waals surface area contributed by atoms with E-state index in [1.807, 2.05) is 0 Å². The average Bonchev–Trinajstić information content (AvgIpc) is 2.87. The lowest BCUT2D eigenvalue weighted by Crippen LogP contribution is -2.47. The van der Waals surface area contributed by atoms with Gasteiger partial charge in [0.05, 0.1) is 6.67 Å². The number of allylic oxidation sites excluding steroid dienone is 1. The van der Waals surface area contributed by atoms with Crippen LogP contribution >= 0.6 is 0 Å². The Bertz CT molecular complexity index is 843. The molecule has 0 spiro atoms. The van der Waals surface area contributed by atoms with E-state index in [9.17, 15) is 4.39 Å². The number of halogens is 1. The van der Waals surface area contributed by atoms with Crippen LogP contribution in [0.3, 0.4) is 0 Å². The third-order valence-electron chi connectivity index (χ3n) is 6.44.